The van der Waals surface area contributed by atoms with Gasteiger partial charge >= 0.3 is 0 Å². The molecule has 0 aromatic rings. The maximum atomic E-state index is 11.5. The van der Waals surface area contributed by atoms with E-state index in [9.17, 15) is 5.11 Å². The lowest BCUT2D eigenvalue weighted by Crippen LogP contribution is -2.62. The first-order valence-electron chi connectivity index (χ1n) is 11.3. The fraction of sp³-hybridized carbons (Fsp3) is 1.00. The molecule has 3 aliphatic carbocycles. The summed E-state index contributed by atoms with van der Waals surface area (Å²) in [5.74, 6) is 0.536. The van der Waals surface area contributed by atoms with E-state index in [-0.39, 0.29) is 44.7 Å². The van der Waals surface area contributed by atoms with E-state index in [1.807, 2.05) is 0 Å². The molecule has 3 saturated carbocycles. The summed E-state index contributed by atoms with van der Waals surface area (Å²) in [5, 5.41) is 11.8. The van der Waals surface area contributed by atoms with Crippen LogP contribution in [0.2, 0.25) is 18.1 Å². The normalized spacial score (nSPS) is 58.8. The third-order valence-corrected chi connectivity index (χ3v) is 15.5. The number of aliphatic hydroxyl groups excluding tert-OH is 1. The van der Waals surface area contributed by atoms with Gasteiger partial charge < -0.3 is 14.3 Å². The number of hydrogen-bond donors (Lipinski definition) is 1. The summed E-state index contributed by atoms with van der Waals surface area (Å²) in [4.78, 5) is 0. The molecule has 1 N–H and O–H groups in total. The van der Waals surface area contributed by atoms with Gasteiger partial charge in [-0.2, -0.15) is 0 Å². The fourth-order valence-corrected chi connectivity index (χ4v) is 9.75. The van der Waals surface area contributed by atoms with Crippen LogP contribution in [0, 0.1) is 22.2 Å². The van der Waals surface area contributed by atoms with E-state index in [0.717, 1.165) is 32.1 Å². The van der Waals surface area contributed by atoms with Gasteiger partial charge in [-0.15, -0.1) is 0 Å². The molecule has 2 aliphatic heterocycles. The Morgan fingerprint density at radius 3 is 2.37 bits per heavy atom. The van der Waals surface area contributed by atoms with Crippen LogP contribution in [0.15, 0.2) is 0 Å². The van der Waals surface area contributed by atoms with Crippen LogP contribution in [0.5, 0.6) is 0 Å². The van der Waals surface area contributed by atoms with Crippen LogP contribution < -0.4 is 0 Å². The third kappa shape index (κ3) is 1.79. The monoisotopic (exact) mass is 392 g/mol. The SMILES string of the molecule is CC(C)(C)[Si](C)(C)O[C@H]1CC[C@@H]2[C@]1(C)C[C@H](O)[C@]13C[C@@]1(C)[C@]1(C)CC[C@]23O1. The van der Waals surface area contributed by atoms with Gasteiger partial charge in [0.2, 0.25) is 0 Å². The Labute approximate surface area is 166 Å². The molecule has 5 aliphatic rings. The van der Waals surface area contributed by atoms with Crippen LogP contribution in [-0.2, 0) is 9.16 Å². The summed E-state index contributed by atoms with van der Waals surface area (Å²) in [7, 11) is -1.83. The molecule has 0 aromatic carbocycles. The number of aliphatic hydroxyl groups is 1. The van der Waals surface area contributed by atoms with Crippen molar-refractivity contribution in [1.29, 1.82) is 0 Å². The zero-order valence-corrected chi connectivity index (χ0v) is 19.7. The molecule has 0 radical (unpaired) electrons. The molecule has 0 unspecified atom stereocenters. The van der Waals surface area contributed by atoms with E-state index in [0.29, 0.717) is 5.92 Å². The number of fused-ring (bicyclic) bond motifs is 3. The van der Waals surface area contributed by atoms with E-state index in [1.54, 1.807) is 0 Å². The summed E-state index contributed by atoms with van der Waals surface area (Å²) in [6, 6.07) is 0. The highest BCUT2D eigenvalue weighted by Crippen LogP contribution is 2.90. The molecule has 2 spiro atoms. The Morgan fingerprint density at radius 2 is 1.74 bits per heavy atom. The van der Waals surface area contributed by atoms with E-state index in [4.69, 9.17) is 9.16 Å². The van der Waals surface area contributed by atoms with Crippen molar-refractivity contribution in [3.8, 4) is 0 Å². The summed E-state index contributed by atoms with van der Waals surface area (Å²) < 4.78 is 14.0. The lowest BCUT2D eigenvalue weighted by molar-refractivity contribution is -0.204. The molecule has 2 bridgehead atoms. The lowest BCUT2D eigenvalue weighted by Gasteiger charge is -2.57. The smallest absolute Gasteiger partial charge is 0.192 e. The maximum Gasteiger partial charge on any atom is 0.192 e. The highest BCUT2D eigenvalue weighted by molar-refractivity contribution is 6.74. The Kier molecular flexibility index (Phi) is 3.33. The van der Waals surface area contributed by atoms with E-state index >= 15 is 0 Å². The van der Waals surface area contributed by atoms with Crippen molar-refractivity contribution >= 4 is 8.32 Å². The Hall–Kier alpha value is 0.0969. The summed E-state index contributed by atoms with van der Waals surface area (Å²) >= 11 is 0. The van der Waals surface area contributed by atoms with Gasteiger partial charge in [-0.05, 0) is 69.5 Å². The van der Waals surface area contributed by atoms with Crippen molar-refractivity contribution in [2.75, 3.05) is 0 Å². The minimum Gasteiger partial charge on any atom is -0.413 e. The van der Waals surface area contributed by atoms with Crippen LogP contribution in [-0.4, -0.2) is 36.8 Å². The molecule has 27 heavy (non-hydrogen) atoms. The average Bonchev–Trinajstić information content (AvgIpc) is 2.79. The number of ether oxygens (including phenoxy) is 1. The summed E-state index contributed by atoms with van der Waals surface area (Å²) in [5.41, 5.74) is 0.103. The largest absolute Gasteiger partial charge is 0.413 e. The highest BCUT2D eigenvalue weighted by atomic mass is 28.4. The second-order valence-corrected chi connectivity index (χ2v) is 17.7. The molecule has 3 nitrogen and oxygen atoms in total. The van der Waals surface area contributed by atoms with Gasteiger partial charge in [0.25, 0.3) is 0 Å². The molecular weight excluding hydrogens is 352 g/mol. The van der Waals surface area contributed by atoms with Crippen LogP contribution in [0.4, 0.5) is 0 Å². The molecule has 5 rings (SSSR count). The lowest BCUT2D eigenvalue weighted by atomic mass is 9.50. The third-order valence-electron chi connectivity index (χ3n) is 11.1. The van der Waals surface area contributed by atoms with Crippen LogP contribution in [0.3, 0.4) is 0 Å². The van der Waals surface area contributed by atoms with Gasteiger partial charge in [0.15, 0.2) is 8.32 Å². The summed E-state index contributed by atoms with van der Waals surface area (Å²) in [6.45, 7) is 18.9. The van der Waals surface area contributed by atoms with Crippen LogP contribution in [0.1, 0.15) is 80.1 Å². The van der Waals surface area contributed by atoms with Gasteiger partial charge in [-0.3, -0.25) is 0 Å². The van der Waals surface area contributed by atoms with Gasteiger partial charge in [0.05, 0.1) is 23.4 Å². The molecule has 0 aromatic heterocycles. The van der Waals surface area contributed by atoms with E-state index in [1.165, 1.54) is 6.42 Å². The predicted molar refractivity (Wildman–Crippen MR) is 110 cm³/mol. The van der Waals surface area contributed by atoms with Gasteiger partial charge in [0.1, 0.15) is 0 Å². The topological polar surface area (TPSA) is 38.7 Å². The minimum atomic E-state index is -1.83. The van der Waals surface area contributed by atoms with E-state index < -0.39 is 8.32 Å². The Bertz CT molecular complexity index is 700. The summed E-state index contributed by atoms with van der Waals surface area (Å²) in [6.07, 6.45) is 6.74. The molecule has 2 heterocycles. The Morgan fingerprint density at radius 1 is 1.07 bits per heavy atom. The van der Waals surface area contributed by atoms with Gasteiger partial charge in [-0.1, -0.05) is 34.6 Å². The number of rotatable bonds is 2. The quantitative estimate of drug-likeness (QED) is 0.650. The maximum absolute atomic E-state index is 11.5. The zero-order valence-electron chi connectivity index (χ0n) is 18.7. The minimum absolute atomic E-state index is 0.0169. The van der Waals surface area contributed by atoms with Crippen molar-refractivity contribution in [3.63, 3.8) is 0 Å². The first-order valence-corrected chi connectivity index (χ1v) is 14.2. The second-order valence-electron chi connectivity index (χ2n) is 12.9. The molecule has 154 valence electrons. The average molecular weight is 393 g/mol. The second kappa shape index (κ2) is 4.71. The number of hydrogen-bond acceptors (Lipinski definition) is 3. The van der Waals surface area contributed by atoms with Crippen molar-refractivity contribution in [1.82, 2.24) is 0 Å². The standard InChI is InChI=1S/C23H40O3Si/c1-18(2,3)27(7,8)25-17-10-9-15-19(17,4)13-16(24)22-14-20(22,5)21(6)11-12-23(15,22)26-21/h15-17,24H,9-14H2,1-8H3/t15-,16+,17+,19+,20+,21+,22-,23+/m1/s1. The zero-order chi connectivity index (χ0) is 19.9. The molecule has 2 saturated heterocycles. The highest BCUT2D eigenvalue weighted by Gasteiger charge is 2.94. The fourth-order valence-electron chi connectivity index (χ4n) is 8.30. The first kappa shape index (κ1) is 19.1. The molecular formula is C23H40O3Si. The first-order chi connectivity index (χ1) is 12.2. The van der Waals surface area contributed by atoms with Crippen molar-refractivity contribution in [2.24, 2.45) is 22.2 Å². The van der Waals surface area contributed by atoms with Crippen molar-refractivity contribution < 1.29 is 14.3 Å². The molecule has 0 amide bonds. The van der Waals surface area contributed by atoms with Gasteiger partial charge in [-0.25, -0.2) is 0 Å². The van der Waals surface area contributed by atoms with Crippen LogP contribution >= 0.6 is 0 Å². The van der Waals surface area contributed by atoms with Crippen LogP contribution in [0.25, 0.3) is 0 Å². The van der Waals surface area contributed by atoms with Crippen molar-refractivity contribution in [2.45, 2.75) is 122 Å². The molecule has 5 fully saturated rings. The van der Waals surface area contributed by atoms with Crippen molar-refractivity contribution in [3.05, 3.63) is 0 Å². The molecule has 4 heteroatoms. The predicted octanol–water partition coefficient (Wildman–Crippen LogP) is 5.28. The molecule has 8 atom stereocenters. The van der Waals surface area contributed by atoms with E-state index in [2.05, 4.69) is 54.6 Å². The van der Waals surface area contributed by atoms with Gasteiger partial charge in [0, 0.05) is 16.2 Å². The Balaban J connectivity index is 1.52.